The number of benzene rings is 3. The highest BCUT2D eigenvalue weighted by molar-refractivity contribution is 7.99. The van der Waals surface area contributed by atoms with Crippen LogP contribution in [0.2, 0.25) is 0 Å². The van der Waals surface area contributed by atoms with Crippen LogP contribution in [0.25, 0.3) is 0 Å². The Kier molecular flexibility index (Phi) is 23.8. The molecular formula is C58H81N3O10S. The first-order valence-corrected chi connectivity index (χ1v) is 27.9. The van der Waals surface area contributed by atoms with Crippen LogP contribution in [0, 0.1) is 27.9 Å². The number of carbonyl (C=O) groups excluding carboxylic acids is 1. The highest BCUT2D eigenvalue weighted by Crippen LogP contribution is 2.62. The molecule has 6 atom stereocenters. The van der Waals surface area contributed by atoms with Gasteiger partial charge in [-0.2, -0.15) is 0 Å². The molecule has 0 radical (unpaired) electrons. The van der Waals surface area contributed by atoms with Crippen molar-refractivity contribution in [1.82, 2.24) is 4.90 Å². The molecule has 72 heavy (non-hydrogen) atoms. The molecule has 1 fully saturated rings. The van der Waals surface area contributed by atoms with Crippen LogP contribution in [0.3, 0.4) is 0 Å². The summed E-state index contributed by atoms with van der Waals surface area (Å²) in [7, 11) is 0. The van der Waals surface area contributed by atoms with Crippen LogP contribution in [0.4, 0.5) is 10.5 Å². The van der Waals surface area contributed by atoms with Crippen molar-refractivity contribution >= 4 is 29.3 Å². The molecule has 1 aliphatic heterocycles. The molecule has 3 aromatic rings. The zero-order chi connectivity index (χ0) is 51.0. The van der Waals surface area contributed by atoms with E-state index in [1.165, 1.54) is 62.0 Å². The Morgan fingerprint density at radius 3 is 2.28 bits per heavy atom. The lowest BCUT2D eigenvalue weighted by atomic mass is 9.55. The van der Waals surface area contributed by atoms with Gasteiger partial charge < -0.3 is 34.0 Å². The maximum absolute atomic E-state index is 14.7. The quantitative estimate of drug-likeness (QED) is 0.0192. The van der Waals surface area contributed by atoms with E-state index in [0.29, 0.717) is 50.5 Å². The van der Waals surface area contributed by atoms with Gasteiger partial charge in [-0.25, -0.2) is 4.79 Å². The first kappa shape index (κ1) is 56.4. The Hall–Kier alpha value is -4.89. The van der Waals surface area contributed by atoms with E-state index in [2.05, 4.69) is 37.8 Å². The normalized spacial score (nSPS) is 21.5. The molecule has 13 nitrogen and oxygen atoms in total. The number of carbonyl (C=O) groups is 1. The summed E-state index contributed by atoms with van der Waals surface area (Å²) in [6.07, 6.45) is 20.7. The number of nitro groups is 1. The standard InChI is InChI=1S/C58H81N3O10S/c1-4-7-8-9-10-11-12-13-14-22-37-68-57(64)60(33-5-2)54-42-52(59-70-43-44-27-29-46(30-28-44)61(65)66)50-40-45(23-18-20-34-62)49(26-19-21-35-63)55-51-41-47(67-38-39-72-48-24-16-15-17-25-48)31-32-53(51)71-58(54,56(50)55)69-36-6-3/h6,15-17,24-25,27-32,40-41,45,49,54-56,62-63H,3-5,7-14,18-23,26,33-39,42-43H2,1-2H3/t45-,49+,54-,55+,56+,58+/m0/s1. The van der Waals surface area contributed by atoms with Crippen molar-refractivity contribution in [1.29, 1.82) is 0 Å². The molecular weight excluding hydrogens is 931 g/mol. The Bertz CT molecular complexity index is 2170. The lowest BCUT2D eigenvalue weighted by Crippen LogP contribution is -2.70. The zero-order valence-electron chi connectivity index (χ0n) is 43.0. The van der Waals surface area contributed by atoms with Crippen LogP contribution in [0.15, 0.2) is 107 Å². The number of aliphatic hydroxyl groups excluding tert-OH is 2. The second-order valence-electron chi connectivity index (χ2n) is 19.5. The predicted molar refractivity (Wildman–Crippen MR) is 286 cm³/mol. The van der Waals surface area contributed by atoms with Gasteiger partial charge in [-0.3, -0.25) is 15.0 Å². The van der Waals surface area contributed by atoms with E-state index in [-0.39, 0.29) is 56.3 Å². The molecule has 1 amide bonds. The van der Waals surface area contributed by atoms with Crippen LogP contribution >= 0.6 is 11.8 Å². The minimum Gasteiger partial charge on any atom is -0.493 e. The molecule has 2 N–H and O–H groups in total. The van der Waals surface area contributed by atoms with Gasteiger partial charge in [-0.1, -0.05) is 120 Å². The first-order chi connectivity index (χ1) is 35.3. The van der Waals surface area contributed by atoms with Gasteiger partial charge in [0, 0.05) is 60.4 Å². The molecule has 14 heteroatoms. The van der Waals surface area contributed by atoms with Crippen LogP contribution in [-0.4, -0.2) is 89.0 Å². The molecule has 2 aliphatic carbocycles. The number of oxime groups is 1. The maximum atomic E-state index is 14.7. The van der Waals surface area contributed by atoms with Crippen molar-refractivity contribution in [3.63, 3.8) is 0 Å². The number of allylic oxidation sites excluding steroid dienone is 1. The molecule has 0 saturated heterocycles. The Labute approximate surface area is 432 Å². The summed E-state index contributed by atoms with van der Waals surface area (Å²) in [6.45, 7) is 9.92. The summed E-state index contributed by atoms with van der Waals surface area (Å²) in [4.78, 5) is 34.9. The number of rotatable bonds is 34. The molecule has 3 aliphatic rings. The third kappa shape index (κ3) is 15.6. The van der Waals surface area contributed by atoms with Crippen molar-refractivity contribution in [2.45, 2.75) is 159 Å². The summed E-state index contributed by atoms with van der Waals surface area (Å²) in [6, 6.07) is 21.9. The first-order valence-electron chi connectivity index (χ1n) is 27.0. The van der Waals surface area contributed by atoms with Crippen LogP contribution < -0.4 is 9.47 Å². The average Bonchev–Trinajstić information content (AvgIpc) is 3.39. The number of aliphatic hydroxyl groups is 2. The molecule has 0 aromatic heterocycles. The predicted octanol–water partition coefficient (Wildman–Crippen LogP) is 13.4. The third-order valence-electron chi connectivity index (χ3n) is 14.4. The Balaban J connectivity index is 1.40. The molecule has 6 rings (SSSR count). The molecule has 394 valence electrons. The van der Waals surface area contributed by atoms with Crippen LogP contribution in [0.5, 0.6) is 11.5 Å². The van der Waals surface area contributed by atoms with Gasteiger partial charge in [0.1, 0.15) is 24.1 Å². The van der Waals surface area contributed by atoms with Gasteiger partial charge in [-0.15, -0.1) is 18.3 Å². The van der Waals surface area contributed by atoms with E-state index in [0.717, 1.165) is 73.1 Å². The fourth-order valence-corrected chi connectivity index (χ4v) is 11.7. The number of amides is 1. The summed E-state index contributed by atoms with van der Waals surface area (Å²) in [5, 5.41) is 36.4. The third-order valence-corrected chi connectivity index (χ3v) is 15.3. The van der Waals surface area contributed by atoms with E-state index in [9.17, 15) is 25.1 Å². The van der Waals surface area contributed by atoms with E-state index >= 15 is 0 Å². The SMILES string of the molecule is C=CCO[C@@]12Oc3ccc(OCCSc4ccccc4)cc3[C@H]3[C@H](CCCCO)[C@@H](CCCCO)C=C(C(=NOCc4ccc([N+](=O)[O-])cc4)C[C@@H]1N(CCC)C(=O)OCCCCCCCCCCCC)[C@H]32. The molecule has 1 heterocycles. The minimum absolute atomic E-state index is 0.0106. The van der Waals surface area contributed by atoms with Gasteiger partial charge in [0.25, 0.3) is 5.69 Å². The summed E-state index contributed by atoms with van der Waals surface area (Å²) < 4.78 is 27.2. The largest absolute Gasteiger partial charge is 0.493 e. The lowest BCUT2D eigenvalue weighted by molar-refractivity contribution is -0.384. The smallest absolute Gasteiger partial charge is 0.410 e. The van der Waals surface area contributed by atoms with Gasteiger partial charge in [0.2, 0.25) is 5.79 Å². The topological polar surface area (TPSA) is 162 Å². The second-order valence-corrected chi connectivity index (χ2v) is 20.6. The van der Waals surface area contributed by atoms with Crippen molar-refractivity contribution in [3.05, 3.63) is 118 Å². The number of unbranched alkanes of at least 4 members (excludes halogenated alkanes) is 11. The second kappa shape index (κ2) is 30.3. The molecule has 3 aromatic carbocycles. The molecule has 1 saturated carbocycles. The van der Waals surface area contributed by atoms with Crippen molar-refractivity contribution in [2.24, 2.45) is 22.9 Å². The zero-order valence-corrected chi connectivity index (χ0v) is 43.8. The fourth-order valence-electron chi connectivity index (χ4n) is 10.9. The number of hydrogen-bond acceptors (Lipinski definition) is 12. The van der Waals surface area contributed by atoms with Gasteiger partial charge in [-0.05, 0) is 104 Å². The van der Waals surface area contributed by atoms with Gasteiger partial charge >= 0.3 is 6.09 Å². The molecule has 0 bridgehead atoms. The maximum Gasteiger partial charge on any atom is 0.410 e. The van der Waals surface area contributed by atoms with E-state index in [4.69, 9.17) is 28.9 Å². The van der Waals surface area contributed by atoms with E-state index in [1.807, 2.05) is 37.3 Å². The monoisotopic (exact) mass is 1010 g/mol. The number of ether oxygens (including phenoxy) is 4. The fraction of sp³-hybridized carbons (Fsp3) is 0.586. The van der Waals surface area contributed by atoms with Crippen LogP contribution in [-0.2, 0) is 20.9 Å². The lowest BCUT2D eigenvalue weighted by Gasteiger charge is -2.59. The summed E-state index contributed by atoms with van der Waals surface area (Å²) in [5.74, 6) is 0.119. The molecule has 0 spiro atoms. The van der Waals surface area contributed by atoms with E-state index < -0.39 is 28.8 Å². The molecule has 0 unspecified atom stereocenters. The van der Waals surface area contributed by atoms with E-state index in [1.54, 1.807) is 34.9 Å². The van der Waals surface area contributed by atoms with Crippen molar-refractivity contribution < 1.29 is 43.7 Å². The number of fused-ring (bicyclic) bond motifs is 2. The summed E-state index contributed by atoms with van der Waals surface area (Å²) >= 11 is 1.74. The highest BCUT2D eigenvalue weighted by atomic mass is 32.2. The minimum atomic E-state index is -1.42. The highest BCUT2D eigenvalue weighted by Gasteiger charge is 2.65. The van der Waals surface area contributed by atoms with Crippen molar-refractivity contribution in [2.75, 3.05) is 45.3 Å². The average molecular weight is 1010 g/mol. The number of nitro benzene ring substituents is 1. The number of hydrogen-bond donors (Lipinski definition) is 2. The summed E-state index contributed by atoms with van der Waals surface area (Å²) in [5.41, 5.74) is 3.27. The van der Waals surface area contributed by atoms with Crippen molar-refractivity contribution in [3.8, 4) is 11.5 Å². The number of nitrogens with zero attached hydrogens (tertiary/aromatic N) is 3. The number of non-ortho nitro benzene ring substituents is 1. The Morgan fingerprint density at radius 2 is 1.60 bits per heavy atom. The van der Waals surface area contributed by atoms with Gasteiger partial charge in [0.15, 0.2) is 0 Å². The number of thioether (sulfide) groups is 1. The van der Waals surface area contributed by atoms with Gasteiger partial charge in [0.05, 0.1) is 36.4 Å². The van der Waals surface area contributed by atoms with Crippen LogP contribution in [0.1, 0.15) is 146 Å². The Morgan fingerprint density at radius 1 is 0.889 bits per heavy atom.